The summed E-state index contributed by atoms with van der Waals surface area (Å²) >= 11 is 8.65. The number of anilines is 2. The molecule has 2 aromatic rings. The highest BCUT2D eigenvalue weighted by Crippen LogP contribution is 2.27. The topological polar surface area (TPSA) is 72.2 Å². The fourth-order valence-corrected chi connectivity index (χ4v) is 3.32. The molecule has 20 heavy (non-hydrogen) atoms. The molecule has 0 aliphatic heterocycles. The summed E-state index contributed by atoms with van der Waals surface area (Å²) in [7, 11) is -3.91. The number of rotatable bonds is 3. The molecular formula is C12H9BrClFN2O2S. The van der Waals surface area contributed by atoms with E-state index in [4.69, 9.17) is 17.3 Å². The van der Waals surface area contributed by atoms with E-state index in [2.05, 4.69) is 20.7 Å². The lowest BCUT2D eigenvalue weighted by atomic mass is 10.3. The highest BCUT2D eigenvalue weighted by Gasteiger charge is 2.19. The zero-order valence-corrected chi connectivity index (χ0v) is 13.1. The molecule has 106 valence electrons. The molecule has 2 aromatic carbocycles. The average molecular weight is 380 g/mol. The molecule has 0 fully saturated rings. The van der Waals surface area contributed by atoms with Crippen LogP contribution in [0, 0.1) is 5.82 Å². The molecule has 0 unspecified atom stereocenters. The Morgan fingerprint density at radius 3 is 2.40 bits per heavy atom. The van der Waals surface area contributed by atoms with Gasteiger partial charge in [-0.3, -0.25) is 4.72 Å². The summed E-state index contributed by atoms with van der Waals surface area (Å²) in [5.74, 6) is -0.632. The van der Waals surface area contributed by atoms with Crippen molar-refractivity contribution in [3.63, 3.8) is 0 Å². The van der Waals surface area contributed by atoms with Gasteiger partial charge in [-0.2, -0.15) is 0 Å². The van der Waals surface area contributed by atoms with Gasteiger partial charge in [0.15, 0.2) is 0 Å². The van der Waals surface area contributed by atoms with E-state index in [1.807, 2.05) is 0 Å². The van der Waals surface area contributed by atoms with Crippen molar-refractivity contribution >= 4 is 48.9 Å². The van der Waals surface area contributed by atoms with Crippen LogP contribution in [0.5, 0.6) is 0 Å². The van der Waals surface area contributed by atoms with Gasteiger partial charge in [-0.05, 0) is 52.3 Å². The summed E-state index contributed by atoms with van der Waals surface area (Å²) in [4.78, 5) is -0.208. The van der Waals surface area contributed by atoms with E-state index in [9.17, 15) is 12.8 Å². The summed E-state index contributed by atoms with van der Waals surface area (Å²) in [6, 6.07) is 8.17. The largest absolute Gasteiger partial charge is 0.398 e. The van der Waals surface area contributed by atoms with Crippen molar-refractivity contribution in [2.75, 3.05) is 10.5 Å². The standard InChI is InChI=1S/C12H9BrClFN2O2S/c13-9-5-12(11(16)6-10(9)15)20(18,19)17-8-3-1-7(14)2-4-8/h1-6,17H,16H2. The Balaban J connectivity index is 2.40. The number of nitrogens with two attached hydrogens (primary N) is 1. The summed E-state index contributed by atoms with van der Waals surface area (Å²) in [5.41, 5.74) is 5.71. The van der Waals surface area contributed by atoms with Gasteiger partial charge in [0.25, 0.3) is 10.0 Å². The fourth-order valence-electron chi connectivity index (χ4n) is 1.50. The van der Waals surface area contributed by atoms with Crippen LogP contribution in [-0.2, 0) is 10.0 Å². The average Bonchev–Trinajstić information content (AvgIpc) is 2.36. The van der Waals surface area contributed by atoms with Gasteiger partial charge in [-0.15, -0.1) is 0 Å². The maximum atomic E-state index is 13.3. The highest BCUT2D eigenvalue weighted by molar-refractivity contribution is 9.10. The van der Waals surface area contributed by atoms with Crippen LogP contribution in [0.2, 0.25) is 5.02 Å². The minimum absolute atomic E-state index is 0.0168. The predicted octanol–water partition coefficient (Wildman–Crippen LogP) is 3.62. The molecular weight excluding hydrogens is 371 g/mol. The third-order valence-corrected chi connectivity index (χ3v) is 4.74. The Labute approximate surface area is 128 Å². The number of sulfonamides is 1. The molecule has 0 aromatic heterocycles. The maximum Gasteiger partial charge on any atom is 0.263 e. The second kappa shape index (κ2) is 5.59. The van der Waals surface area contributed by atoms with E-state index in [0.29, 0.717) is 10.7 Å². The molecule has 0 radical (unpaired) electrons. The zero-order chi connectivity index (χ0) is 14.9. The molecule has 0 spiro atoms. The predicted molar refractivity (Wildman–Crippen MR) is 80.8 cm³/mol. The Bertz CT molecular complexity index is 751. The van der Waals surface area contributed by atoms with Crippen LogP contribution in [0.4, 0.5) is 15.8 Å². The van der Waals surface area contributed by atoms with Gasteiger partial charge >= 0.3 is 0 Å². The van der Waals surface area contributed by atoms with Crippen LogP contribution < -0.4 is 10.5 Å². The third kappa shape index (κ3) is 3.23. The van der Waals surface area contributed by atoms with E-state index >= 15 is 0 Å². The van der Waals surface area contributed by atoms with E-state index < -0.39 is 15.8 Å². The van der Waals surface area contributed by atoms with E-state index in [1.165, 1.54) is 12.1 Å². The van der Waals surface area contributed by atoms with Crippen LogP contribution in [-0.4, -0.2) is 8.42 Å². The molecule has 0 saturated carbocycles. The normalized spacial score (nSPS) is 11.3. The molecule has 0 atom stereocenters. The number of benzene rings is 2. The SMILES string of the molecule is Nc1cc(F)c(Br)cc1S(=O)(=O)Nc1ccc(Cl)cc1. The molecule has 0 bridgehead atoms. The Hall–Kier alpha value is -1.31. The summed E-state index contributed by atoms with van der Waals surface area (Å²) < 4.78 is 40.0. The van der Waals surface area contributed by atoms with Gasteiger partial charge in [-0.1, -0.05) is 11.6 Å². The Kier molecular flexibility index (Phi) is 4.22. The number of hydrogen-bond acceptors (Lipinski definition) is 3. The second-order valence-electron chi connectivity index (χ2n) is 3.92. The monoisotopic (exact) mass is 378 g/mol. The smallest absolute Gasteiger partial charge is 0.263 e. The minimum Gasteiger partial charge on any atom is -0.398 e. The highest BCUT2D eigenvalue weighted by atomic mass is 79.9. The van der Waals surface area contributed by atoms with Crippen LogP contribution in [0.3, 0.4) is 0 Å². The van der Waals surface area contributed by atoms with Crippen molar-refractivity contribution in [2.45, 2.75) is 4.90 Å². The maximum absolute atomic E-state index is 13.3. The summed E-state index contributed by atoms with van der Waals surface area (Å²) in [5, 5.41) is 0.483. The second-order valence-corrected chi connectivity index (χ2v) is 6.86. The Morgan fingerprint density at radius 2 is 1.80 bits per heavy atom. The number of hydrogen-bond donors (Lipinski definition) is 2. The van der Waals surface area contributed by atoms with Crippen LogP contribution in [0.15, 0.2) is 45.8 Å². The van der Waals surface area contributed by atoms with Gasteiger partial charge < -0.3 is 5.73 Å². The molecule has 0 aliphatic rings. The van der Waals surface area contributed by atoms with E-state index in [-0.39, 0.29) is 15.1 Å². The van der Waals surface area contributed by atoms with Crippen molar-refractivity contribution in [1.82, 2.24) is 0 Å². The quantitative estimate of drug-likeness (QED) is 0.800. The lowest BCUT2D eigenvalue weighted by Gasteiger charge is -2.11. The first-order valence-electron chi connectivity index (χ1n) is 5.32. The molecule has 0 saturated heterocycles. The van der Waals surface area contributed by atoms with Gasteiger partial charge in [0.1, 0.15) is 10.7 Å². The van der Waals surface area contributed by atoms with E-state index in [0.717, 1.165) is 12.1 Å². The first kappa shape index (κ1) is 15.1. The molecule has 0 heterocycles. The van der Waals surface area contributed by atoms with Crippen molar-refractivity contribution in [1.29, 1.82) is 0 Å². The Morgan fingerprint density at radius 1 is 1.20 bits per heavy atom. The molecule has 2 rings (SSSR count). The van der Waals surface area contributed by atoms with Gasteiger partial charge in [0, 0.05) is 10.7 Å². The lowest BCUT2D eigenvalue weighted by molar-refractivity contribution is 0.599. The summed E-state index contributed by atoms with van der Waals surface area (Å²) in [6.07, 6.45) is 0. The molecule has 0 amide bonds. The first-order valence-corrected chi connectivity index (χ1v) is 7.98. The summed E-state index contributed by atoms with van der Waals surface area (Å²) in [6.45, 7) is 0. The minimum atomic E-state index is -3.91. The first-order chi connectivity index (χ1) is 9.29. The third-order valence-electron chi connectivity index (χ3n) is 2.44. The lowest BCUT2D eigenvalue weighted by Crippen LogP contribution is -2.15. The van der Waals surface area contributed by atoms with Crippen molar-refractivity contribution in [3.8, 4) is 0 Å². The zero-order valence-electron chi connectivity index (χ0n) is 9.90. The molecule has 0 aliphatic carbocycles. The van der Waals surface area contributed by atoms with Crippen LogP contribution >= 0.6 is 27.5 Å². The van der Waals surface area contributed by atoms with E-state index in [1.54, 1.807) is 12.1 Å². The van der Waals surface area contributed by atoms with Crippen molar-refractivity contribution in [2.24, 2.45) is 0 Å². The molecule has 4 nitrogen and oxygen atoms in total. The molecule has 3 N–H and O–H groups in total. The van der Waals surface area contributed by atoms with Gasteiger partial charge in [-0.25, -0.2) is 12.8 Å². The van der Waals surface area contributed by atoms with Gasteiger partial charge in [0.05, 0.1) is 10.2 Å². The number of halogens is 3. The van der Waals surface area contributed by atoms with Gasteiger partial charge in [0.2, 0.25) is 0 Å². The van der Waals surface area contributed by atoms with Crippen LogP contribution in [0.25, 0.3) is 0 Å². The fraction of sp³-hybridized carbons (Fsp3) is 0. The van der Waals surface area contributed by atoms with Crippen molar-refractivity contribution in [3.05, 3.63) is 51.7 Å². The molecule has 8 heteroatoms. The van der Waals surface area contributed by atoms with Crippen LogP contribution in [0.1, 0.15) is 0 Å². The number of nitrogen functional groups attached to an aromatic ring is 1. The van der Waals surface area contributed by atoms with Crippen molar-refractivity contribution < 1.29 is 12.8 Å². The number of nitrogens with one attached hydrogen (secondary N) is 1.